The molecule has 35 heavy (non-hydrogen) atoms. The molecule has 176 valence electrons. The number of aliphatic hydroxyl groups excluding tert-OH is 1. The summed E-state index contributed by atoms with van der Waals surface area (Å²) in [5, 5.41) is 11.7. The minimum atomic E-state index is -0.802. The molecular formula is C28H24N2O4S. The van der Waals surface area contributed by atoms with E-state index in [-0.39, 0.29) is 11.3 Å². The highest BCUT2D eigenvalue weighted by molar-refractivity contribution is 7.22. The zero-order valence-corrected chi connectivity index (χ0v) is 20.4. The van der Waals surface area contributed by atoms with Crippen molar-refractivity contribution < 1.29 is 19.4 Å². The van der Waals surface area contributed by atoms with Crippen molar-refractivity contribution in [3.05, 3.63) is 94.6 Å². The molecule has 0 radical (unpaired) electrons. The number of ketones is 1. The number of carbonyl (C=O) groups excluding carboxylic acids is 2. The number of anilines is 1. The fraction of sp³-hybridized carbons (Fsp3) is 0.179. The van der Waals surface area contributed by atoms with Crippen LogP contribution in [0.2, 0.25) is 0 Å². The Morgan fingerprint density at radius 1 is 1.06 bits per heavy atom. The first kappa shape index (κ1) is 22.8. The largest absolute Gasteiger partial charge is 0.507 e. The average molecular weight is 485 g/mol. The van der Waals surface area contributed by atoms with Crippen LogP contribution in [0.15, 0.2) is 72.3 Å². The first-order chi connectivity index (χ1) is 16.9. The lowest BCUT2D eigenvalue weighted by molar-refractivity contribution is -0.132. The standard InChI is InChI=1S/C28H24N2O4S/c1-4-17-7-14-21-22(15-17)35-28(29-21)30-24(18-8-5-16(2)6-9-18)23(26(32)27(30)33)25(31)19-10-12-20(34-3)13-11-19/h5-15,24,31H,4H2,1-3H3. The van der Waals surface area contributed by atoms with Crippen LogP contribution in [-0.4, -0.2) is 28.9 Å². The van der Waals surface area contributed by atoms with Gasteiger partial charge in [0.2, 0.25) is 0 Å². The molecule has 3 aromatic carbocycles. The Labute approximate surface area is 207 Å². The van der Waals surface area contributed by atoms with E-state index in [1.54, 1.807) is 31.4 Å². The normalized spacial score (nSPS) is 17.3. The highest BCUT2D eigenvalue weighted by Crippen LogP contribution is 2.44. The van der Waals surface area contributed by atoms with Crippen LogP contribution in [0, 0.1) is 6.92 Å². The molecule has 1 aliphatic rings. The predicted octanol–water partition coefficient (Wildman–Crippen LogP) is 5.80. The summed E-state index contributed by atoms with van der Waals surface area (Å²) in [6.07, 6.45) is 0.888. The lowest BCUT2D eigenvalue weighted by Crippen LogP contribution is -2.29. The molecule has 1 atom stereocenters. The molecule has 0 spiro atoms. The third-order valence-electron chi connectivity index (χ3n) is 6.26. The molecule has 0 bridgehead atoms. The Morgan fingerprint density at radius 2 is 1.77 bits per heavy atom. The van der Waals surface area contributed by atoms with E-state index in [0.29, 0.717) is 16.4 Å². The fourth-order valence-corrected chi connectivity index (χ4v) is 5.33. The van der Waals surface area contributed by atoms with Crippen LogP contribution in [0.1, 0.15) is 35.2 Å². The number of aryl methyl sites for hydroxylation is 2. The van der Waals surface area contributed by atoms with Crippen molar-refractivity contribution in [2.45, 2.75) is 26.3 Å². The molecule has 1 amide bonds. The maximum Gasteiger partial charge on any atom is 0.301 e. The molecule has 0 aliphatic carbocycles. The monoisotopic (exact) mass is 484 g/mol. The van der Waals surface area contributed by atoms with E-state index in [0.717, 1.165) is 27.8 Å². The molecule has 5 rings (SSSR count). The highest BCUT2D eigenvalue weighted by atomic mass is 32.1. The lowest BCUT2D eigenvalue weighted by Gasteiger charge is -2.23. The summed E-state index contributed by atoms with van der Waals surface area (Å²) in [6, 6.07) is 19.5. The molecule has 1 aromatic heterocycles. The SMILES string of the molecule is CCc1ccc2nc(N3C(=O)C(=O)C(=C(O)c4ccc(OC)cc4)C3c3ccc(C)cc3)sc2c1. The van der Waals surface area contributed by atoms with Crippen LogP contribution >= 0.6 is 11.3 Å². The number of ether oxygens (including phenoxy) is 1. The van der Waals surface area contributed by atoms with Gasteiger partial charge < -0.3 is 9.84 Å². The number of aromatic nitrogens is 1. The second-order valence-corrected chi connectivity index (χ2v) is 9.47. The molecule has 6 nitrogen and oxygen atoms in total. The van der Waals surface area contributed by atoms with Crippen molar-refractivity contribution in [3.63, 3.8) is 0 Å². The van der Waals surface area contributed by atoms with E-state index in [2.05, 4.69) is 18.0 Å². The Balaban J connectivity index is 1.69. The summed E-state index contributed by atoms with van der Waals surface area (Å²) in [6.45, 7) is 4.05. The summed E-state index contributed by atoms with van der Waals surface area (Å²) < 4.78 is 6.14. The van der Waals surface area contributed by atoms with Gasteiger partial charge in [-0.1, -0.05) is 54.2 Å². The fourth-order valence-electron chi connectivity index (χ4n) is 4.28. The Bertz CT molecular complexity index is 1470. The van der Waals surface area contributed by atoms with Crippen molar-refractivity contribution in [1.29, 1.82) is 0 Å². The summed E-state index contributed by atoms with van der Waals surface area (Å²) in [4.78, 5) is 32.8. The van der Waals surface area contributed by atoms with Crippen molar-refractivity contribution in [1.82, 2.24) is 4.98 Å². The van der Waals surface area contributed by atoms with Gasteiger partial charge in [0.1, 0.15) is 11.5 Å². The van der Waals surface area contributed by atoms with Crippen LogP contribution in [0.5, 0.6) is 5.75 Å². The third-order valence-corrected chi connectivity index (χ3v) is 7.27. The zero-order chi connectivity index (χ0) is 24.7. The molecule has 1 fully saturated rings. The minimum absolute atomic E-state index is 0.0394. The maximum absolute atomic E-state index is 13.4. The van der Waals surface area contributed by atoms with Gasteiger partial charge in [-0.15, -0.1) is 0 Å². The van der Waals surface area contributed by atoms with Crippen molar-refractivity contribution in [3.8, 4) is 5.75 Å². The zero-order valence-electron chi connectivity index (χ0n) is 19.6. The molecule has 7 heteroatoms. The van der Waals surface area contributed by atoms with E-state index in [1.165, 1.54) is 21.8 Å². The number of Topliss-reactive ketones (excluding diaryl/α,β-unsaturated/α-hetero) is 1. The molecule has 1 N–H and O–H groups in total. The smallest absolute Gasteiger partial charge is 0.301 e. The Morgan fingerprint density at radius 3 is 2.43 bits per heavy atom. The summed E-state index contributed by atoms with van der Waals surface area (Å²) in [5.74, 6) is -1.05. The average Bonchev–Trinajstić information content (AvgIpc) is 3.41. The number of fused-ring (bicyclic) bond motifs is 1. The Kier molecular flexibility index (Phi) is 5.86. The van der Waals surface area contributed by atoms with Crippen LogP contribution in [-0.2, 0) is 16.0 Å². The summed E-state index contributed by atoms with van der Waals surface area (Å²) in [7, 11) is 1.55. The quantitative estimate of drug-likeness (QED) is 0.220. The van der Waals surface area contributed by atoms with Gasteiger partial charge in [0, 0.05) is 5.56 Å². The van der Waals surface area contributed by atoms with E-state index in [4.69, 9.17) is 4.74 Å². The van der Waals surface area contributed by atoms with Crippen LogP contribution in [0.4, 0.5) is 5.13 Å². The predicted molar refractivity (Wildman–Crippen MR) is 138 cm³/mol. The van der Waals surface area contributed by atoms with Crippen LogP contribution < -0.4 is 9.64 Å². The number of rotatable bonds is 5. The molecule has 2 heterocycles. The van der Waals surface area contributed by atoms with Gasteiger partial charge in [0.05, 0.1) is 28.9 Å². The maximum atomic E-state index is 13.4. The molecule has 1 unspecified atom stereocenters. The van der Waals surface area contributed by atoms with E-state index in [9.17, 15) is 14.7 Å². The van der Waals surface area contributed by atoms with E-state index < -0.39 is 17.7 Å². The highest BCUT2D eigenvalue weighted by Gasteiger charge is 2.48. The van der Waals surface area contributed by atoms with Gasteiger partial charge in [-0.2, -0.15) is 0 Å². The molecule has 1 aliphatic heterocycles. The van der Waals surface area contributed by atoms with Crippen molar-refractivity contribution in [2.75, 3.05) is 12.0 Å². The van der Waals surface area contributed by atoms with Gasteiger partial charge in [-0.3, -0.25) is 14.5 Å². The number of hydrogen-bond donors (Lipinski definition) is 1. The van der Waals surface area contributed by atoms with Gasteiger partial charge in [-0.25, -0.2) is 4.98 Å². The molecule has 4 aromatic rings. The van der Waals surface area contributed by atoms with Gasteiger partial charge in [0.15, 0.2) is 5.13 Å². The number of carbonyl (C=O) groups is 2. The van der Waals surface area contributed by atoms with Crippen LogP contribution in [0.3, 0.4) is 0 Å². The van der Waals surface area contributed by atoms with Gasteiger partial charge in [0.25, 0.3) is 5.78 Å². The summed E-state index contributed by atoms with van der Waals surface area (Å²) in [5.41, 5.74) is 4.17. The number of methoxy groups -OCH3 is 1. The summed E-state index contributed by atoms with van der Waals surface area (Å²) >= 11 is 1.37. The molecular weight excluding hydrogens is 460 g/mol. The second-order valence-electron chi connectivity index (χ2n) is 8.46. The lowest BCUT2D eigenvalue weighted by atomic mass is 9.95. The van der Waals surface area contributed by atoms with Crippen LogP contribution in [0.25, 0.3) is 16.0 Å². The minimum Gasteiger partial charge on any atom is -0.507 e. The topological polar surface area (TPSA) is 79.7 Å². The number of amides is 1. The van der Waals surface area contributed by atoms with Gasteiger partial charge >= 0.3 is 5.91 Å². The van der Waals surface area contributed by atoms with E-state index >= 15 is 0 Å². The van der Waals surface area contributed by atoms with Crippen molar-refractivity contribution in [2.24, 2.45) is 0 Å². The number of thiazole rings is 1. The second kappa shape index (κ2) is 9.00. The molecule has 0 saturated carbocycles. The van der Waals surface area contributed by atoms with E-state index in [1.807, 2.05) is 43.3 Å². The number of aliphatic hydroxyl groups is 1. The Hall–Kier alpha value is -3.97. The van der Waals surface area contributed by atoms with Gasteiger partial charge in [-0.05, 0) is 60.9 Å². The first-order valence-electron chi connectivity index (χ1n) is 11.3. The molecule has 1 saturated heterocycles. The van der Waals surface area contributed by atoms with Crippen molar-refractivity contribution >= 4 is 44.1 Å². The number of nitrogens with zero attached hydrogens (tertiary/aromatic N) is 2. The number of benzene rings is 3. The number of hydrogen-bond acceptors (Lipinski definition) is 6. The first-order valence-corrected chi connectivity index (χ1v) is 12.1. The third kappa shape index (κ3) is 3.98.